The minimum Gasteiger partial charge on any atom is -0.504 e. The van der Waals surface area contributed by atoms with Crippen molar-refractivity contribution in [3.8, 4) is 11.5 Å². The Labute approximate surface area is 127 Å². The van der Waals surface area contributed by atoms with Crippen LogP contribution in [0.25, 0.3) is 0 Å². The molecular formula is C16H16N2O4. The Morgan fingerprint density at radius 2 is 1.82 bits per heavy atom. The zero-order valence-corrected chi connectivity index (χ0v) is 12.2. The highest BCUT2D eigenvalue weighted by Gasteiger charge is 2.16. The smallest absolute Gasteiger partial charge is 0.259 e. The Morgan fingerprint density at radius 3 is 2.50 bits per heavy atom. The van der Waals surface area contributed by atoms with E-state index in [4.69, 9.17) is 9.94 Å². The van der Waals surface area contributed by atoms with Gasteiger partial charge in [-0.15, -0.1) is 0 Å². The van der Waals surface area contributed by atoms with Gasteiger partial charge in [-0.2, -0.15) is 0 Å². The molecule has 0 radical (unpaired) electrons. The van der Waals surface area contributed by atoms with Crippen LogP contribution in [0.5, 0.6) is 11.5 Å². The fraction of sp³-hybridized carbons (Fsp3) is 0.125. The first-order chi connectivity index (χ1) is 10.6. The number of hydrogen-bond donors (Lipinski definition) is 3. The molecule has 0 heterocycles. The highest BCUT2D eigenvalue weighted by atomic mass is 16.5. The summed E-state index contributed by atoms with van der Waals surface area (Å²) in [6, 6.07) is 11.6. The Kier molecular flexibility index (Phi) is 4.63. The highest BCUT2D eigenvalue weighted by molar-refractivity contribution is 6.11. The standard InChI is InChI=1S/C16H16N2O4/c1-10(18-21)11-6-3-4-8-13(11)17-16(20)12-7-5-9-14(22-2)15(12)19/h3-9,19,21H,1-2H3,(H,17,20)/b18-10+. The molecule has 6 nitrogen and oxygen atoms in total. The third-order valence-corrected chi connectivity index (χ3v) is 3.18. The lowest BCUT2D eigenvalue weighted by molar-refractivity contribution is 0.102. The molecule has 114 valence electrons. The molecule has 22 heavy (non-hydrogen) atoms. The summed E-state index contributed by atoms with van der Waals surface area (Å²) < 4.78 is 4.98. The van der Waals surface area contributed by atoms with E-state index in [0.717, 1.165) is 0 Å². The van der Waals surface area contributed by atoms with Crippen LogP contribution in [0.15, 0.2) is 47.6 Å². The van der Waals surface area contributed by atoms with Crippen LogP contribution in [0, 0.1) is 0 Å². The van der Waals surface area contributed by atoms with E-state index in [-0.39, 0.29) is 17.1 Å². The molecule has 0 bridgehead atoms. The van der Waals surface area contributed by atoms with E-state index >= 15 is 0 Å². The number of para-hydroxylation sites is 2. The molecule has 2 aromatic carbocycles. The van der Waals surface area contributed by atoms with Crippen molar-refractivity contribution in [2.75, 3.05) is 12.4 Å². The van der Waals surface area contributed by atoms with Crippen LogP contribution in [0.2, 0.25) is 0 Å². The van der Waals surface area contributed by atoms with E-state index in [1.807, 2.05) is 0 Å². The SMILES string of the molecule is COc1cccc(C(=O)Nc2ccccc2/C(C)=N/O)c1O. The predicted molar refractivity (Wildman–Crippen MR) is 83.1 cm³/mol. The van der Waals surface area contributed by atoms with E-state index in [2.05, 4.69) is 10.5 Å². The van der Waals surface area contributed by atoms with Gasteiger partial charge in [-0.1, -0.05) is 29.4 Å². The van der Waals surface area contributed by atoms with Crippen molar-refractivity contribution in [2.45, 2.75) is 6.92 Å². The van der Waals surface area contributed by atoms with Crippen molar-refractivity contribution < 1.29 is 19.8 Å². The number of rotatable bonds is 4. The van der Waals surface area contributed by atoms with E-state index < -0.39 is 5.91 Å². The van der Waals surface area contributed by atoms with Crippen molar-refractivity contribution in [2.24, 2.45) is 5.16 Å². The molecule has 0 aromatic heterocycles. The Bertz CT molecular complexity index is 726. The summed E-state index contributed by atoms with van der Waals surface area (Å²) >= 11 is 0. The van der Waals surface area contributed by atoms with Gasteiger partial charge in [-0.3, -0.25) is 4.79 Å². The van der Waals surface area contributed by atoms with Crippen molar-refractivity contribution in [1.29, 1.82) is 0 Å². The maximum Gasteiger partial charge on any atom is 0.259 e. The number of oxime groups is 1. The number of hydrogen-bond acceptors (Lipinski definition) is 5. The van der Waals surface area contributed by atoms with Crippen LogP contribution in [0.3, 0.4) is 0 Å². The fourth-order valence-corrected chi connectivity index (χ4v) is 2.02. The third kappa shape index (κ3) is 3.01. The van der Waals surface area contributed by atoms with Crippen LogP contribution in [0.1, 0.15) is 22.8 Å². The minimum absolute atomic E-state index is 0.0905. The van der Waals surface area contributed by atoms with E-state index in [1.54, 1.807) is 43.3 Å². The van der Waals surface area contributed by atoms with Gasteiger partial charge in [0.1, 0.15) is 0 Å². The van der Waals surface area contributed by atoms with Crippen molar-refractivity contribution >= 4 is 17.3 Å². The molecule has 0 fully saturated rings. The number of nitrogens with one attached hydrogen (secondary N) is 1. The number of anilines is 1. The number of phenols is 1. The molecule has 0 saturated carbocycles. The first-order valence-electron chi connectivity index (χ1n) is 6.54. The molecule has 3 N–H and O–H groups in total. The maximum atomic E-state index is 12.3. The Morgan fingerprint density at radius 1 is 1.14 bits per heavy atom. The zero-order chi connectivity index (χ0) is 16.1. The van der Waals surface area contributed by atoms with Gasteiger partial charge in [0.2, 0.25) is 0 Å². The van der Waals surface area contributed by atoms with Crippen molar-refractivity contribution in [3.05, 3.63) is 53.6 Å². The normalized spacial score (nSPS) is 11.1. The number of ether oxygens (including phenoxy) is 1. The number of carbonyl (C=O) groups excluding carboxylic acids is 1. The summed E-state index contributed by atoms with van der Waals surface area (Å²) in [5.74, 6) is -0.504. The van der Waals surface area contributed by atoms with Crippen molar-refractivity contribution in [3.63, 3.8) is 0 Å². The van der Waals surface area contributed by atoms with Crippen LogP contribution in [-0.2, 0) is 0 Å². The van der Waals surface area contributed by atoms with Crippen LogP contribution in [-0.4, -0.2) is 29.0 Å². The molecule has 0 aliphatic rings. The molecule has 0 spiro atoms. The molecule has 1 amide bonds. The number of aromatic hydroxyl groups is 1. The zero-order valence-electron chi connectivity index (χ0n) is 12.2. The predicted octanol–water partition coefficient (Wildman–Crippen LogP) is 2.85. The second-order valence-electron chi connectivity index (χ2n) is 4.54. The summed E-state index contributed by atoms with van der Waals surface area (Å²) in [5.41, 5.74) is 1.52. The van der Waals surface area contributed by atoms with Gasteiger partial charge in [0.25, 0.3) is 5.91 Å². The second-order valence-corrected chi connectivity index (χ2v) is 4.54. The van der Waals surface area contributed by atoms with Crippen LogP contribution in [0.4, 0.5) is 5.69 Å². The van der Waals surface area contributed by atoms with Crippen LogP contribution < -0.4 is 10.1 Å². The average Bonchev–Trinajstić information content (AvgIpc) is 2.54. The van der Waals surface area contributed by atoms with E-state index in [0.29, 0.717) is 17.0 Å². The lowest BCUT2D eigenvalue weighted by Crippen LogP contribution is -2.14. The Hall–Kier alpha value is -3.02. The number of benzene rings is 2. The lowest BCUT2D eigenvalue weighted by Gasteiger charge is -2.12. The average molecular weight is 300 g/mol. The molecule has 2 aromatic rings. The Balaban J connectivity index is 2.35. The van der Waals surface area contributed by atoms with E-state index in [9.17, 15) is 9.90 Å². The summed E-state index contributed by atoms with van der Waals surface area (Å²) in [6.07, 6.45) is 0. The quantitative estimate of drug-likeness (QED) is 0.460. The molecular weight excluding hydrogens is 284 g/mol. The van der Waals surface area contributed by atoms with Crippen molar-refractivity contribution in [1.82, 2.24) is 0 Å². The molecule has 0 atom stereocenters. The largest absolute Gasteiger partial charge is 0.504 e. The summed E-state index contributed by atoms with van der Waals surface area (Å²) in [5, 5.41) is 24.7. The number of methoxy groups -OCH3 is 1. The summed E-state index contributed by atoms with van der Waals surface area (Å²) in [6.45, 7) is 1.62. The highest BCUT2D eigenvalue weighted by Crippen LogP contribution is 2.30. The molecule has 6 heteroatoms. The van der Waals surface area contributed by atoms with Crippen LogP contribution >= 0.6 is 0 Å². The first-order valence-corrected chi connectivity index (χ1v) is 6.54. The number of carbonyl (C=O) groups is 1. The van der Waals surface area contributed by atoms with Gasteiger partial charge in [-0.05, 0) is 25.1 Å². The number of nitrogens with zero attached hydrogens (tertiary/aromatic N) is 1. The topological polar surface area (TPSA) is 91.2 Å². The van der Waals surface area contributed by atoms with Gasteiger partial charge >= 0.3 is 0 Å². The number of phenolic OH excluding ortho intramolecular Hbond substituents is 1. The summed E-state index contributed by atoms with van der Waals surface area (Å²) in [7, 11) is 1.41. The maximum absolute atomic E-state index is 12.3. The molecule has 0 saturated heterocycles. The van der Waals surface area contributed by atoms with Gasteiger partial charge in [0.15, 0.2) is 11.5 Å². The lowest BCUT2D eigenvalue weighted by atomic mass is 10.1. The number of amides is 1. The molecule has 0 aliphatic heterocycles. The molecule has 2 rings (SSSR count). The third-order valence-electron chi connectivity index (χ3n) is 3.18. The molecule has 0 unspecified atom stereocenters. The minimum atomic E-state index is -0.491. The van der Waals surface area contributed by atoms with E-state index in [1.165, 1.54) is 13.2 Å². The monoisotopic (exact) mass is 300 g/mol. The first kappa shape index (κ1) is 15.4. The van der Waals surface area contributed by atoms with Gasteiger partial charge in [0, 0.05) is 5.56 Å². The summed E-state index contributed by atoms with van der Waals surface area (Å²) in [4.78, 5) is 12.3. The van der Waals surface area contributed by atoms with Gasteiger partial charge < -0.3 is 20.4 Å². The van der Waals surface area contributed by atoms with Gasteiger partial charge in [-0.25, -0.2) is 0 Å². The second kappa shape index (κ2) is 6.62. The molecule has 0 aliphatic carbocycles. The van der Waals surface area contributed by atoms with Gasteiger partial charge in [0.05, 0.1) is 24.1 Å². The fourth-order valence-electron chi connectivity index (χ4n) is 2.02.